The van der Waals surface area contributed by atoms with E-state index in [9.17, 15) is 4.79 Å². The summed E-state index contributed by atoms with van der Waals surface area (Å²) in [5, 5.41) is 0. The van der Waals surface area contributed by atoms with Crippen molar-refractivity contribution in [3.05, 3.63) is 36.4 Å². The van der Waals surface area contributed by atoms with E-state index in [1.54, 1.807) is 6.08 Å². The molecule has 4 heteroatoms. The molecule has 0 N–H and O–H groups in total. The minimum Gasteiger partial charge on any atom is -0.482 e. The van der Waals surface area contributed by atoms with E-state index in [0.29, 0.717) is 5.75 Å². The summed E-state index contributed by atoms with van der Waals surface area (Å²) in [5.41, 5.74) is 0.775. The van der Waals surface area contributed by atoms with Crippen LogP contribution in [0.3, 0.4) is 0 Å². The number of hydrogen-bond acceptors (Lipinski definition) is 3. The first-order chi connectivity index (χ1) is 11.3. The lowest BCUT2D eigenvalue weighted by Gasteiger charge is -2.40. The first-order valence-electron chi connectivity index (χ1n) is 8.89. The molecule has 132 valence electrons. The van der Waals surface area contributed by atoms with Crippen molar-refractivity contribution < 1.29 is 14.3 Å². The van der Waals surface area contributed by atoms with Gasteiger partial charge in [-0.2, -0.15) is 0 Å². The van der Waals surface area contributed by atoms with Crippen LogP contribution in [0.1, 0.15) is 37.7 Å². The van der Waals surface area contributed by atoms with Crippen molar-refractivity contribution in [1.82, 2.24) is 0 Å². The second kappa shape index (κ2) is 8.02. The molecule has 0 amide bonds. The molecule has 1 aliphatic carbocycles. The zero-order valence-corrected chi connectivity index (χ0v) is 16.3. The summed E-state index contributed by atoms with van der Waals surface area (Å²) in [6.45, 7) is 10.7. The maximum atomic E-state index is 12.4. The van der Waals surface area contributed by atoms with E-state index in [4.69, 9.17) is 9.47 Å². The maximum Gasteiger partial charge on any atom is 0.344 e. The summed E-state index contributed by atoms with van der Waals surface area (Å²) >= 11 is 0. The van der Waals surface area contributed by atoms with Crippen LogP contribution in [0.2, 0.25) is 25.7 Å². The molecule has 1 saturated carbocycles. The summed E-state index contributed by atoms with van der Waals surface area (Å²) < 4.78 is 11.6. The molecule has 0 heterocycles. The number of carbonyl (C=O) groups is 1. The number of esters is 1. The zero-order valence-electron chi connectivity index (χ0n) is 15.3. The van der Waals surface area contributed by atoms with Crippen LogP contribution in [-0.4, -0.2) is 26.3 Å². The highest BCUT2D eigenvalue weighted by Gasteiger charge is 2.39. The summed E-state index contributed by atoms with van der Waals surface area (Å²) in [7, 11) is -1.31. The predicted octanol–water partition coefficient (Wildman–Crippen LogP) is 5.29. The molecule has 1 aromatic carbocycles. The minimum atomic E-state index is -1.31. The van der Waals surface area contributed by atoms with Crippen molar-refractivity contribution in [2.75, 3.05) is 6.61 Å². The van der Waals surface area contributed by atoms with Crippen LogP contribution < -0.4 is 4.74 Å². The van der Waals surface area contributed by atoms with E-state index in [0.717, 1.165) is 37.3 Å². The Labute approximate surface area is 147 Å². The van der Waals surface area contributed by atoms with E-state index >= 15 is 0 Å². The summed E-state index contributed by atoms with van der Waals surface area (Å²) in [4.78, 5) is 12.4. The SMILES string of the molecule is C=Cc1ccc(OCC(=O)OC2(C[Si](C)(C)C)CCCCC2)cc1. The third-order valence-electron chi connectivity index (χ3n) is 4.42. The molecule has 24 heavy (non-hydrogen) atoms. The molecule has 0 spiro atoms. The first-order valence-corrected chi connectivity index (χ1v) is 12.6. The number of ether oxygens (including phenoxy) is 2. The van der Waals surface area contributed by atoms with Crippen molar-refractivity contribution in [2.45, 2.75) is 63.4 Å². The molecule has 1 aromatic rings. The maximum absolute atomic E-state index is 12.4. The monoisotopic (exact) mass is 346 g/mol. The molecular weight excluding hydrogens is 316 g/mol. The lowest BCUT2D eigenvalue weighted by atomic mass is 9.86. The van der Waals surface area contributed by atoms with E-state index < -0.39 is 8.07 Å². The lowest BCUT2D eigenvalue weighted by molar-refractivity contribution is -0.163. The lowest BCUT2D eigenvalue weighted by Crippen LogP contribution is -2.44. The number of benzene rings is 1. The van der Waals surface area contributed by atoms with Gasteiger partial charge in [0, 0.05) is 8.07 Å². The second-order valence-electron chi connectivity index (χ2n) is 8.02. The fourth-order valence-electron chi connectivity index (χ4n) is 3.59. The first kappa shape index (κ1) is 18.8. The number of rotatable bonds is 7. The molecule has 0 unspecified atom stereocenters. The van der Waals surface area contributed by atoms with Gasteiger partial charge in [-0.1, -0.05) is 50.8 Å². The topological polar surface area (TPSA) is 35.5 Å². The summed E-state index contributed by atoms with van der Waals surface area (Å²) in [6, 6.07) is 8.58. The fourth-order valence-corrected chi connectivity index (χ4v) is 5.95. The van der Waals surface area contributed by atoms with Crippen molar-refractivity contribution in [3.8, 4) is 5.75 Å². The Morgan fingerprint density at radius 1 is 1.17 bits per heavy atom. The molecule has 1 fully saturated rings. The standard InChI is InChI=1S/C20H30O3Si/c1-5-17-9-11-18(12-10-17)22-15-19(21)23-20(16-24(2,3)4)13-7-6-8-14-20/h5,9-12H,1,6-8,13-16H2,2-4H3. The number of carbonyl (C=O) groups excluding carboxylic acids is 1. The van der Waals surface area contributed by atoms with E-state index in [-0.39, 0.29) is 18.2 Å². The Balaban J connectivity index is 1.93. The van der Waals surface area contributed by atoms with Gasteiger partial charge in [0.2, 0.25) is 0 Å². The van der Waals surface area contributed by atoms with Crippen molar-refractivity contribution in [1.29, 1.82) is 0 Å². The van der Waals surface area contributed by atoms with Crippen molar-refractivity contribution in [3.63, 3.8) is 0 Å². The molecule has 0 atom stereocenters. The second-order valence-corrected chi connectivity index (χ2v) is 13.5. The highest BCUT2D eigenvalue weighted by molar-refractivity contribution is 6.76. The van der Waals surface area contributed by atoms with Crippen molar-refractivity contribution >= 4 is 20.1 Å². The van der Waals surface area contributed by atoms with Gasteiger partial charge in [-0.15, -0.1) is 0 Å². The van der Waals surface area contributed by atoms with Crippen LogP contribution in [0.25, 0.3) is 6.08 Å². The molecule has 3 nitrogen and oxygen atoms in total. The third kappa shape index (κ3) is 5.82. The van der Waals surface area contributed by atoms with Crippen molar-refractivity contribution in [2.24, 2.45) is 0 Å². The summed E-state index contributed by atoms with van der Waals surface area (Å²) in [5.74, 6) is 0.434. The number of hydrogen-bond donors (Lipinski definition) is 0. The van der Waals surface area contributed by atoms with Crippen LogP contribution in [0.5, 0.6) is 5.75 Å². The van der Waals surface area contributed by atoms with Gasteiger partial charge in [0.1, 0.15) is 11.4 Å². The Morgan fingerprint density at radius 2 is 1.79 bits per heavy atom. The van der Waals surface area contributed by atoms with E-state index in [2.05, 4.69) is 26.2 Å². The van der Waals surface area contributed by atoms with Gasteiger partial charge in [0.15, 0.2) is 6.61 Å². The fraction of sp³-hybridized carbons (Fsp3) is 0.550. The average Bonchev–Trinajstić information content (AvgIpc) is 2.52. The Kier molecular flexibility index (Phi) is 6.27. The molecule has 0 bridgehead atoms. The Morgan fingerprint density at radius 3 is 2.33 bits per heavy atom. The van der Waals surface area contributed by atoms with E-state index in [1.807, 2.05) is 24.3 Å². The van der Waals surface area contributed by atoms with Gasteiger partial charge >= 0.3 is 5.97 Å². The minimum absolute atomic E-state index is 0.0269. The normalized spacial score (nSPS) is 17.1. The smallest absolute Gasteiger partial charge is 0.344 e. The molecule has 0 aromatic heterocycles. The largest absolute Gasteiger partial charge is 0.482 e. The van der Waals surface area contributed by atoms with Crippen LogP contribution in [0.4, 0.5) is 0 Å². The molecule has 0 saturated heterocycles. The Hall–Kier alpha value is -1.55. The van der Waals surface area contributed by atoms with E-state index in [1.165, 1.54) is 6.42 Å². The van der Waals surface area contributed by atoms with Crippen LogP contribution >= 0.6 is 0 Å². The van der Waals surface area contributed by atoms with Crippen LogP contribution in [-0.2, 0) is 9.53 Å². The van der Waals surface area contributed by atoms with Gasteiger partial charge in [-0.05, 0) is 49.4 Å². The summed E-state index contributed by atoms with van der Waals surface area (Å²) in [6.07, 6.45) is 7.33. The predicted molar refractivity (Wildman–Crippen MR) is 102 cm³/mol. The highest BCUT2D eigenvalue weighted by Crippen LogP contribution is 2.38. The highest BCUT2D eigenvalue weighted by atomic mass is 28.3. The molecule has 0 aliphatic heterocycles. The quantitative estimate of drug-likeness (QED) is 0.497. The molecular formula is C20H30O3Si. The molecule has 0 radical (unpaired) electrons. The van der Waals surface area contributed by atoms with Crippen LogP contribution in [0, 0.1) is 0 Å². The van der Waals surface area contributed by atoms with Gasteiger partial charge in [0.05, 0.1) is 0 Å². The molecule has 1 aliphatic rings. The molecule has 2 rings (SSSR count). The van der Waals surface area contributed by atoms with Gasteiger partial charge < -0.3 is 9.47 Å². The van der Waals surface area contributed by atoms with Gasteiger partial charge in [-0.25, -0.2) is 4.79 Å². The van der Waals surface area contributed by atoms with Crippen LogP contribution in [0.15, 0.2) is 30.8 Å². The van der Waals surface area contributed by atoms with Gasteiger partial charge in [-0.3, -0.25) is 0 Å². The average molecular weight is 347 g/mol. The van der Waals surface area contributed by atoms with Gasteiger partial charge in [0.25, 0.3) is 0 Å². The zero-order chi connectivity index (χ0) is 17.6. The third-order valence-corrected chi connectivity index (χ3v) is 6.13. The Bertz CT molecular complexity index is 551.